The molecule has 0 heterocycles. The summed E-state index contributed by atoms with van der Waals surface area (Å²) in [6, 6.07) is 7.91. The molecular formula is C15H22BrIN4O. The first-order valence-corrected chi connectivity index (χ1v) is 7.94. The Bertz CT molecular complexity index is 534. The van der Waals surface area contributed by atoms with Crippen LogP contribution in [0.25, 0.3) is 0 Å². The van der Waals surface area contributed by atoms with Gasteiger partial charge in [-0.2, -0.15) is 0 Å². The Balaban J connectivity index is 0.00000242. The molecule has 5 nitrogen and oxygen atoms in total. The zero-order valence-electron chi connectivity index (χ0n) is 12.6. The Morgan fingerprint density at radius 2 is 2.23 bits per heavy atom. The summed E-state index contributed by atoms with van der Waals surface area (Å²) in [6.45, 7) is 1.22. The first kappa shape index (κ1) is 19.2. The van der Waals surface area contributed by atoms with Crippen molar-refractivity contribution in [3.8, 4) is 0 Å². The lowest BCUT2D eigenvalue weighted by atomic mass is 10.2. The Morgan fingerprint density at radius 1 is 1.50 bits per heavy atom. The Labute approximate surface area is 156 Å². The molecule has 1 aromatic carbocycles. The number of hydrogen-bond donors (Lipinski definition) is 2. The monoisotopic (exact) mass is 480 g/mol. The minimum absolute atomic E-state index is 0. The van der Waals surface area contributed by atoms with Gasteiger partial charge in [-0.1, -0.05) is 22.0 Å². The highest BCUT2D eigenvalue weighted by Crippen LogP contribution is 2.24. The maximum Gasteiger partial charge on any atom is 0.251 e. The van der Waals surface area contributed by atoms with Crippen molar-refractivity contribution < 1.29 is 4.79 Å². The SMILES string of the molecule is CN(C(N)=NCCCNC(=O)c1cccc(Br)c1)C1CC1.I. The van der Waals surface area contributed by atoms with Gasteiger partial charge in [-0.25, -0.2) is 0 Å². The van der Waals surface area contributed by atoms with Crippen molar-refractivity contribution in [3.05, 3.63) is 34.3 Å². The van der Waals surface area contributed by atoms with Gasteiger partial charge in [-0.3, -0.25) is 9.79 Å². The molecule has 0 saturated heterocycles. The minimum Gasteiger partial charge on any atom is -0.370 e. The molecule has 1 aromatic rings. The molecule has 0 aromatic heterocycles. The quantitative estimate of drug-likeness (QED) is 0.284. The standard InChI is InChI=1S/C15H21BrN4O.HI/c1-20(13-6-7-13)15(17)19-9-3-8-18-14(21)11-4-2-5-12(16)10-11;/h2,4-5,10,13H,3,6-9H2,1H3,(H2,17,19)(H,18,21);1H. The predicted molar refractivity (Wildman–Crippen MR) is 104 cm³/mol. The zero-order chi connectivity index (χ0) is 15.2. The first-order valence-electron chi connectivity index (χ1n) is 7.14. The summed E-state index contributed by atoms with van der Waals surface area (Å²) in [5.41, 5.74) is 6.54. The molecule has 0 unspecified atom stereocenters. The van der Waals surface area contributed by atoms with Crippen LogP contribution in [0.4, 0.5) is 0 Å². The first-order chi connectivity index (χ1) is 10.1. The highest BCUT2D eigenvalue weighted by molar-refractivity contribution is 14.0. The molecule has 0 atom stereocenters. The highest BCUT2D eigenvalue weighted by Gasteiger charge is 2.27. The Hall–Kier alpha value is -0.830. The van der Waals surface area contributed by atoms with E-state index in [0.717, 1.165) is 10.9 Å². The van der Waals surface area contributed by atoms with Gasteiger partial charge < -0.3 is 16.0 Å². The molecule has 2 rings (SSSR count). The number of guanidine groups is 1. The van der Waals surface area contributed by atoms with Gasteiger partial charge in [0.15, 0.2) is 5.96 Å². The van der Waals surface area contributed by atoms with Crippen LogP contribution in [-0.4, -0.2) is 42.9 Å². The van der Waals surface area contributed by atoms with Crippen molar-refractivity contribution in [1.29, 1.82) is 0 Å². The molecule has 1 amide bonds. The van der Waals surface area contributed by atoms with E-state index in [1.54, 1.807) is 12.1 Å². The van der Waals surface area contributed by atoms with Gasteiger partial charge in [0.2, 0.25) is 0 Å². The molecule has 1 fully saturated rings. The molecule has 122 valence electrons. The number of rotatable bonds is 6. The van der Waals surface area contributed by atoms with Crippen molar-refractivity contribution in [2.24, 2.45) is 10.7 Å². The van der Waals surface area contributed by atoms with E-state index in [-0.39, 0.29) is 29.9 Å². The van der Waals surface area contributed by atoms with Crippen molar-refractivity contribution >= 4 is 51.8 Å². The summed E-state index contributed by atoms with van der Waals surface area (Å²) in [7, 11) is 1.98. The second-order valence-electron chi connectivity index (χ2n) is 5.20. The van der Waals surface area contributed by atoms with Gasteiger partial charge in [-0.05, 0) is 37.5 Å². The number of amides is 1. The van der Waals surface area contributed by atoms with Crippen molar-refractivity contribution in [3.63, 3.8) is 0 Å². The number of halogens is 2. The number of carbonyl (C=O) groups is 1. The van der Waals surface area contributed by atoms with Crippen LogP contribution >= 0.6 is 39.9 Å². The molecule has 0 spiro atoms. The fourth-order valence-electron chi connectivity index (χ4n) is 1.97. The van der Waals surface area contributed by atoms with Gasteiger partial charge in [-0.15, -0.1) is 24.0 Å². The van der Waals surface area contributed by atoms with Crippen LogP contribution in [0.1, 0.15) is 29.6 Å². The molecule has 1 aliphatic carbocycles. The second-order valence-corrected chi connectivity index (χ2v) is 6.12. The molecule has 1 saturated carbocycles. The van der Waals surface area contributed by atoms with Crippen molar-refractivity contribution in [2.45, 2.75) is 25.3 Å². The lowest BCUT2D eigenvalue weighted by Gasteiger charge is -2.16. The van der Waals surface area contributed by atoms with E-state index in [0.29, 0.717) is 30.7 Å². The highest BCUT2D eigenvalue weighted by atomic mass is 127. The summed E-state index contributed by atoms with van der Waals surface area (Å²) in [6.07, 6.45) is 3.18. The number of nitrogens with one attached hydrogen (secondary N) is 1. The zero-order valence-corrected chi connectivity index (χ0v) is 16.5. The maximum absolute atomic E-state index is 11.9. The third-order valence-corrected chi connectivity index (χ3v) is 3.93. The fourth-order valence-corrected chi connectivity index (χ4v) is 2.37. The number of nitrogens with two attached hydrogens (primary N) is 1. The van der Waals surface area contributed by atoms with Crippen molar-refractivity contribution in [1.82, 2.24) is 10.2 Å². The third kappa shape index (κ3) is 6.12. The van der Waals surface area contributed by atoms with Crippen LogP contribution in [0.15, 0.2) is 33.7 Å². The van der Waals surface area contributed by atoms with Crippen LogP contribution in [-0.2, 0) is 0 Å². The summed E-state index contributed by atoms with van der Waals surface area (Å²) in [5, 5.41) is 2.88. The van der Waals surface area contributed by atoms with Crippen LogP contribution in [0, 0.1) is 0 Å². The molecule has 0 radical (unpaired) electrons. The summed E-state index contributed by atoms with van der Waals surface area (Å²) >= 11 is 3.35. The summed E-state index contributed by atoms with van der Waals surface area (Å²) in [4.78, 5) is 18.3. The number of nitrogens with zero attached hydrogens (tertiary/aromatic N) is 2. The number of carbonyl (C=O) groups excluding carboxylic acids is 1. The lowest BCUT2D eigenvalue weighted by molar-refractivity contribution is 0.0953. The van der Waals surface area contributed by atoms with Gasteiger partial charge >= 0.3 is 0 Å². The smallest absolute Gasteiger partial charge is 0.251 e. The molecule has 1 aliphatic rings. The van der Waals surface area contributed by atoms with Gasteiger partial charge in [0.1, 0.15) is 0 Å². The average molecular weight is 481 g/mol. The number of hydrogen-bond acceptors (Lipinski definition) is 2. The van der Waals surface area contributed by atoms with E-state index in [4.69, 9.17) is 5.73 Å². The van der Waals surface area contributed by atoms with E-state index in [9.17, 15) is 4.79 Å². The summed E-state index contributed by atoms with van der Waals surface area (Å²) < 4.78 is 0.899. The summed E-state index contributed by atoms with van der Waals surface area (Å²) in [5.74, 6) is 0.527. The van der Waals surface area contributed by atoms with Crippen LogP contribution < -0.4 is 11.1 Å². The molecule has 3 N–H and O–H groups in total. The predicted octanol–water partition coefficient (Wildman–Crippen LogP) is 2.60. The maximum atomic E-state index is 11.9. The minimum atomic E-state index is -0.0663. The van der Waals surface area contributed by atoms with E-state index in [1.165, 1.54) is 12.8 Å². The second kappa shape index (κ2) is 9.34. The van der Waals surface area contributed by atoms with E-state index >= 15 is 0 Å². The fraction of sp³-hybridized carbons (Fsp3) is 0.467. The third-order valence-electron chi connectivity index (χ3n) is 3.44. The average Bonchev–Trinajstić information content (AvgIpc) is 3.30. The van der Waals surface area contributed by atoms with Gasteiger partial charge in [0.05, 0.1) is 0 Å². The van der Waals surface area contributed by atoms with Crippen LogP contribution in [0.2, 0.25) is 0 Å². The van der Waals surface area contributed by atoms with E-state index < -0.39 is 0 Å². The number of benzene rings is 1. The van der Waals surface area contributed by atoms with Gasteiger partial charge in [0, 0.05) is 36.2 Å². The molecule has 0 aliphatic heterocycles. The van der Waals surface area contributed by atoms with E-state index in [2.05, 4.69) is 26.2 Å². The normalized spacial score (nSPS) is 14.2. The van der Waals surface area contributed by atoms with Crippen LogP contribution in [0.5, 0.6) is 0 Å². The number of aliphatic imine (C=N–C) groups is 1. The lowest BCUT2D eigenvalue weighted by Crippen LogP contribution is -2.36. The van der Waals surface area contributed by atoms with Gasteiger partial charge in [0.25, 0.3) is 5.91 Å². The van der Waals surface area contributed by atoms with E-state index in [1.807, 2.05) is 24.1 Å². The molecule has 7 heteroatoms. The Morgan fingerprint density at radius 3 is 2.86 bits per heavy atom. The van der Waals surface area contributed by atoms with Crippen molar-refractivity contribution in [2.75, 3.05) is 20.1 Å². The largest absolute Gasteiger partial charge is 0.370 e. The molecule has 0 bridgehead atoms. The Kier molecular flexibility index (Phi) is 8.16. The van der Waals surface area contributed by atoms with Crippen LogP contribution in [0.3, 0.4) is 0 Å². The molecular weight excluding hydrogens is 459 g/mol. The molecule has 22 heavy (non-hydrogen) atoms. The topological polar surface area (TPSA) is 70.7 Å².